The number of urea groups is 1. The third-order valence-electron chi connectivity index (χ3n) is 2.96. The molecule has 0 heterocycles. The average Bonchev–Trinajstić information content (AvgIpc) is 2.53. The highest BCUT2D eigenvalue weighted by molar-refractivity contribution is 5.97. The smallest absolute Gasteiger partial charge is 0.321 e. The van der Waals surface area contributed by atoms with E-state index < -0.39 is 23.9 Å². The Hall–Kier alpha value is -2.89. The number of ether oxygens (including phenoxy) is 1. The second kappa shape index (κ2) is 7.93. The first kappa shape index (κ1) is 16.5. The largest absolute Gasteiger partial charge is 0.476 e. The fraction of sp³-hybridized carbons (Fsp3) is 0.176. The van der Waals surface area contributed by atoms with Gasteiger partial charge < -0.3 is 10.1 Å². The SMILES string of the molecule is CCNC(=O)NC(=O)[C@H](Oc1cccc(F)c1)c1ccccc1. The first-order valence-corrected chi connectivity index (χ1v) is 7.16. The van der Waals surface area contributed by atoms with Crippen molar-refractivity contribution in [2.45, 2.75) is 13.0 Å². The van der Waals surface area contributed by atoms with E-state index in [-0.39, 0.29) is 5.75 Å². The molecule has 120 valence electrons. The zero-order chi connectivity index (χ0) is 16.7. The summed E-state index contributed by atoms with van der Waals surface area (Å²) in [5.74, 6) is -0.908. The van der Waals surface area contributed by atoms with Crippen LogP contribution in [0.2, 0.25) is 0 Å². The van der Waals surface area contributed by atoms with Gasteiger partial charge in [-0.05, 0) is 19.1 Å². The van der Waals surface area contributed by atoms with Crippen LogP contribution >= 0.6 is 0 Å². The molecule has 0 aliphatic rings. The van der Waals surface area contributed by atoms with E-state index in [1.807, 2.05) is 0 Å². The van der Waals surface area contributed by atoms with Crippen molar-refractivity contribution < 1.29 is 18.7 Å². The molecule has 3 amide bonds. The molecule has 23 heavy (non-hydrogen) atoms. The summed E-state index contributed by atoms with van der Waals surface area (Å²) in [5.41, 5.74) is 0.554. The standard InChI is InChI=1S/C17H17FN2O3/c1-2-19-17(22)20-16(21)15(12-7-4-3-5-8-12)23-14-10-6-9-13(18)11-14/h3-11,15H,2H2,1H3,(H2,19,20,21,22)/t15-/m1/s1. The van der Waals surface area contributed by atoms with Crippen molar-refractivity contribution in [2.24, 2.45) is 0 Å². The predicted octanol–water partition coefficient (Wildman–Crippen LogP) is 2.79. The molecule has 1 atom stereocenters. The van der Waals surface area contributed by atoms with Crippen LogP contribution in [0, 0.1) is 5.82 Å². The molecule has 0 unspecified atom stereocenters. The van der Waals surface area contributed by atoms with Crippen LogP contribution in [-0.2, 0) is 4.79 Å². The van der Waals surface area contributed by atoms with Crippen LogP contribution < -0.4 is 15.4 Å². The van der Waals surface area contributed by atoms with Crippen LogP contribution in [-0.4, -0.2) is 18.5 Å². The minimum Gasteiger partial charge on any atom is -0.476 e. The Morgan fingerprint density at radius 1 is 1.13 bits per heavy atom. The van der Waals surface area contributed by atoms with Crippen molar-refractivity contribution in [2.75, 3.05) is 6.54 Å². The lowest BCUT2D eigenvalue weighted by atomic mass is 10.1. The number of carbonyl (C=O) groups is 2. The average molecular weight is 316 g/mol. The van der Waals surface area contributed by atoms with Gasteiger partial charge in [-0.15, -0.1) is 0 Å². The molecule has 0 fully saturated rings. The van der Waals surface area contributed by atoms with Gasteiger partial charge in [0, 0.05) is 18.2 Å². The van der Waals surface area contributed by atoms with Crippen molar-refractivity contribution in [3.05, 3.63) is 66.0 Å². The molecule has 0 bridgehead atoms. The van der Waals surface area contributed by atoms with E-state index in [4.69, 9.17) is 4.74 Å². The Labute approximate surface area is 133 Å². The minimum absolute atomic E-state index is 0.199. The summed E-state index contributed by atoms with van der Waals surface area (Å²) in [4.78, 5) is 23.9. The molecule has 6 heteroatoms. The maximum absolute atomic E-state index is 13.3. The molecule has 0 saturated carbocycles. The Kier molecular flexibility index (Phi) is 5.68. The van der Waals surface area contributed by atoms with Crippen molar-refractivity contribution in [3.63, 3.8) is 0 Å². The first-order valence-electron chi connectivity index (χ1n) is 7.16. The van der Waals surface area contributed by atoms with Crippen molar-refractivity contribution >= 4 is 11.9 Å². The van der Waals surface area contributed by atoms with Gasteiger partial charge in [-0.2, -0.15) is 0 Å². The summed E-state index contributed by atoms with van der Waals surface area (Å²) in [7, 11) is 0. The second-order valence-electron chi connectivity index (χ2n) is 4.71. The van der Waals surface area contributed by atoms with E-state index in [1.165, 1.54) is 18.2 Å². The van der Waals surface area contributed by atoms with Crippen molar-refractivity contribution in [3.8, 4) is 5.75 Å². The van der Waals surface area contributed by atoms with Gasteiger partial charge in [0.15, 0.2) is 0 Å². The second-order valence-corrected chi connectivity index (χ2v) is 4.71. The minimum atomic E-state index is -1.07. The zero-order valence-corrected chi connectivity index (χ0v) is 12.6. The molecule has 0 radical (unpaired) electrons. The number of carbonyl (C=O) groups excluding carboxylic acids is 2. The lowest BCUT2D eigenvalue weighted by Gasteiger charge is -2.18. The van der Waals surface area contributed by atoms with Gasteiger partial charge in [0.1, 0.15) is 11.6 Å². The van der Waals surface area contributed by atoms with Gasteiger partial charge in [-0.25, -0.2) is 9.18 Å². The molecular formula is C17H17FN2O3. The molecule has 0 aromatic heterocycles. The molecule has 2 rings (SSSR count). The van der Waals surface area contributed by atoms with Crippen molar-refractivity contribution in [1.82, 2.24) is 10.6 Å². The Bertz CT molecular complexity index is 677. The van der Waals surface area contributed by atoms with E-state index in [9.17, 15) is 14.0 Å². The number of benzene rings is 2. The first-order chi connectivity index (χ1) is 11.1. The number of rotatable bonds is 5. The molecule has 0 saturated heterocycles. The van der Waals surface area contributed by atoms with Gasteiger partial charge in [0.05, 0.1) is 0 Å². The molecule has 5 nitrogen and oxygen atoms in total. The van der Waals surface area contributed by atoms with Gasteiger partial charge in [0.25, 0.3) is 5.91 Å². The van der Waals surface area contributed by atoms with E-state index in [0.29, 0.717) is 12.1 Å². The number of halogens is 1. The highest BCUT2D eigenvalue weighted by Crippen LogP contribution is 2.22. The van der Waals surface area contributed by atoms with Gasteiger partial charge in [-0.1, -0.05) is 36.4 Å². The number of nitrogens with one attached hydrogen (secondary N) is 2. The van der Waals surface area contributed by atoms with Crippen LogP contribution in [0.1, 0.15) is 18.6 Å². The molecule has 2 N–H and O–H groups in total. The van der Waals surface area contributed by atoms with Gasteiger partial charge in [-0.3, -0.25) is 10.1 Å². The molecule has 0 spiro atoms. The monoisotopic (exact) mass is 316 g/mol. The Morgan fingerprint density at radius 2 is 1.87 bits per heavy atom. The van der Waals surface area contributed by atoms with Crippen LogP contribution in [0.25, 0.3) is 0 Å². The van der Waals surface area contributed by atoms with E-state index in [2.05, 4.69) is 10.6 Å². The van der Waals surface area contributed by atoms with Crippen LogP contribution in [0.5, 0.6) is 5.75 Å². The normalized spacial score (nSPS) is 11.4. The van der Waals surface area contributed by atoms with Crippen LogP contribution in [0.3, 0.4) is 0 Å². The van der Waals surface area contributed by atoms with Gasteiger partial charge >= 0.3 is 6.03 Å². The molecule has 0 aliphatic heterocycles. The zero-order valence-electron chi connectivity index (χ0n) is 12.6. The molecule has 0 aliphatic carbocycles. The maximum atomic E-state index is 13.3. The summed E-state index contributed by atoms with van der Waals surface area (Å²) < 4.78 is 18.9. The quantitative estimate of drug-likeness (QED) is 0.891. The predicted molar refractivity (Wildman–Crippen MR) is 83.4 cm³/mol. The number of hydrogen-bond donors (Lipinski definition) is 2. The van der Waals surface area contributed by atoms with Crippen molar-refractivity contribution in [1.29, 1.82) is 0 Å². The number of imide groups is 1. The fourth-order valence-corrected chi connectivity index (χ4v) is 1.96. The van der Waals surface area contributed by atoms with E-state index >= 15 is 0 Å². The molecular weight excluding hydrogens is 299 g/mol. The van der Waals surface area contributed by atoms with Crippen LogP contribution in [0.4, 0.5) is 9.18 Å². The van der Waals surface area contributed by atoms with E-state index in [0.717, 1.165) is 0 Å². The summed E-state index contributed by atoms with van der Waals surface area (Å²) in [5, 5.41) is 4.68. The third kappa shape index (κ3) is 4.81. The molecule has 2 aromatic rings. The molecule has 2 aromatic carbocycles. The maximum Gasteiger partial charge on any atom is 0.321 e. The highest BCUT2D eigenvalue weighted by atomic mass is 19.1. The number of amides is 3. The number of hydrogen-bond acceptors (Lipinski definition) is 3. The highest BCUT2D eigenvalue weighted by Gasteiger charge is 2.24. The Balaban J connectivity index is 2.22. The Morgan fingerprint density at radius 3 is 2.52 bits per heavy atom. The topological polar surface area (TPSA) is 67.4 Å². The lowest BCUT2D eigenvalue weighted by molar-refractivity contribution is -0.127. The lowest BCUT2D eigenvalue weighted by Crippen LogP contribution is -2.42. The summed E-state index contributed by atoms with van der Waals surface area (Å²) >= 11 is 0. The van der Waals surface area contributed by atoms with Crippen LogP contribution in [0.15, 0.2) is 54.6 Å². The third-order valence-corrected chi connectivity index (χ3v) is 2.96. The summed E-state index contributed by atoms with van der Waals surface area (Å²) in [6.45, 7) is 2.13. The summed E-state index contributed by atoms with van der Waals surface area (Å²) in [6.07, 6.45) is -1.07. The fourth-order valence-electron chi connectivity index (χ4n) is 1.96. The van der Waals surface area contributed by atoms with E-state index in [1.54, 1.807) is 43.3 Å². The summed E-state index contributed by atoms with van der Waals surface area (Å²) in [6, 6.07) is 13.5. The van der Waals surface area contributed by atoms with Gasteiger partial charge in [0.2, 0.25) is 6.10 Å².